The Bertz CT molecular complexity index is 984. The zero-order valence-corrected chi connectivity index (χ0v) is 16.6. The van der Waals surface area contributed by atoms with E-state index in [4.69, 9.17) is 4.74 Å². The highest BCUT2D eigenvalue weighted by molar-refractivity contribution is 6.05. The van der Waals surface area contributed by atoms with Crippen molar-refractivity contribution in [2.75, 3.05) is 26.0 Å². The van der Waals surface area contributed by atoms with Gasteiger partial charge in [-0.15, -0.1) is 0 Å². The van der Waals surface area contributed by atoms with Crippen LogP contribution >= 0.6 is 0 Å². The van der Waals surface area contributed by atoms with E-state index in [9.17, 15) is 9.59 Å². The molecule has 0 aromatic heterocycles. The van der Waals surface area contributed by atoms with Gasteiger partial charge in [-0.25, -0.2) is 0 Å². The fraction of sp³-hybridized carbons (Fsp3) is 0.167. The molecule has 5 nitrogen and oxygen atoms in total. The first-order valence-corrected chi connectivity index (χ1v) is 9.43. The number of hydrogen-bond donors (Lipinski definition) is 1. The van der Waals surface area contributed by atoms with Crippen LogP contribution in [0.15, 0.2) is 78.9 Å². The van der Waals surface area contributed by atoms with E-state index < -0.39 is 0 Å². The van der Waals surface area contributed by atoms with Crippen LogP contribution in [0.3, 0.4) is 0 Å². The van der Waals surface area contributed by atoms with Gasteiger partial charge in [-0.3, -0.25) is 9.59 Å². The summed E-state index contributed by atoms with van der Waals surface area (Å²) >= 11 is 0. The Labute approximate surface area is 170 Å². The molecule has 2 amide bonds. The molecule has 0 unspecified atom stereocenters. The predicted octanol–water partition coefficient (Wildman–Crippen LogP) is 4.26. The first kappa shape index (κ1) is 20.1. The first-order chi connectivity index (χ1) is 14.0. The number of rotatable bonds is 7. The van der Waals surface area contributed by atoms with Crippen molar-refractivity contribution in [3.8, 4) is 5.75 Å². The molecule has 29 heavy (non-hydrogen) atoms. The Morgan fingerprint density at radius 1 is 0.862 bits per heavy atom. The van der Waals surface area contributed by atoms with E-state index >= 15 is 0 Å². The van der Waals surface area contributed by atoms with Crippen LogP contribution in [-0.4, -0.2) is 37.4 Å². The SMILES string of the molecule is CN(C)C(=O)c1cccc(NC(=O)c2cccc(OCCc3ccccc3)c2)c1. The summed E-state index contributed by atoms with van der Waals surface area (Å²) in [6.07, 6.45) is 0.796. The minimum atomic E-state index is -0.257. The van der Waals surface area contributed by atoms with Crippen LogP contribution in [0.25, 0.3) is 0 Å². The number of benzene rings is 3. The first-order valence-electron chi connectivity index (χ1n) is 9.43. The third-order valence-electron chi connectivity index (χ3n) is 4.37. The number of hydrogen-bond acceptors (Lipinski definition) is 3. The maximum absolute atomic E-state index is 12.6. The summed E-state index contributed by atoms with van der Waals surface area (Å²) in [4.78, 5) is 26.2. The van der Waals surface area contributed by atoms with Crippen LogP contribution in [0.1, 0.15) is 26.3 Å². The molecule has 3 aromatic rings. The molecule has 0 radical (unpaired) electrons. The second kappa shape index (κ2) is 9.55. The van der Waals surface area contributed by atoms with Gasteiger partial charge in [0.2, 0.25) is 0 Å². The lowest BCUT2D eigenvalue weighted by Crippen LogP contribution is -2.22. The zero-order valence-electron chi connectivity index (χ0n) is 16.6. The number of amides is 2. The lowest BCUT2D eigenvalue weighted by molar-refractivity contribution is 0.0827. The number of ether oxygens (including phenoxy) is 1. The highest BCUT2D eigenvalue weighted by atomic mass is 16.5. The van der Waals surface area contributed by atoms with E-state index in [0.29, 0.717) is 29.2 Å². The second-order valence-corrected chi connectivity index (χ2v) is 6.85. The number of carbonyl (C=O) groups is 2. The maximum atomic E-state index is 12.6. The van der Waals surface area contributed by atoms with E-state index in [2.05, 4.69) is 17.4 Å². The fourth-order valence-electron chi connectivity index (χ4n) is 2.85. The maximum Gasteiger partial charge on any atom is 0.255 e. The van der Waals surface area contributed by atoms with Crippen LogP contribution in [0.5, 0.6) is 5.75 Å². The quantitative estimate of drug-likeness (QED) is 0.658. The summed E-state index contributed by atoms with van der Waals surface area (Å²) in [7, 11) is 3.38. The minimum absolute atomic E-state index is 0.116. The molecule has 148 valence electrons. The molecule has 0 saturated carbocycles. The van der Waals surface area contributed by atoms with E-state index in [1.54, 1.807) is 56.6 Å². The summed E-state index contributed by atoms with van der Waals surface area (Å²) in [5, 5.41) is 2.84. The number of anilines is 1. The van der Waals surface area contributed by atoms with Gasteiger partial charge in [0.25, 0.3) is 11.8 Å². The Morgan fingerprint density at radius 2 is 1.59 bits per heavy atom. The average molecular weight is 388 g/mol. The van der Waals surface area contributed by atoms with Crippen molar-refractivity contribution in [2.45, 2.75) is 6.42 Å². The monoisotopic (exact) mass is 388 g/mol. The van der Waals surface area contributed by atoms with Crippen molar-refractivity contribution in [1.29, 1.82) is 0 Å². The van der Waals surface area contributed by atoms with Crippen LogP contribution in [-0.2, 0) is 6.42 Å². The Balaban J connectivity index is 1.62. The molecule has 0 saturated heterocycles. The molecule has 0 atom stereocenters. The summed E-state index contributed by atoms with van der Waals surface area (Å²) in [6, 6.07) is 24.1. The van der Waals surface area contributed by atoms with Crippen molar-refractivity contribution >= 4 is 17.5 Å². The highest BCUT2D eigenvalue weighted by Crippen LogP contribution is 2.17. The fourth-order valence-corrected chi connectivity index (χ4v) is 2.85. The molecule has 0 spiro atoms. The van der Waals surface area contributed by atoms with Crippen LogP contribution < -0.4 is 10.1 Å². The zero-order chi connectivity index (χ0) is 20.6. The van der Waals surface area contributed by atoms with Gasteiger partial charge in [-0.1, -0.05) is 42.5 Å². The number of nitrogens with zero attached hydrogens (tertiary/aromatic N) is 1. The molecule has 0 aliphatic carbocycles. The molecule has 0 aliphatic rings. The Morgan fingerprint density at radius 3 is 2.34 bits per heavy atom. The summed E-state index contributed by atoms with van der Waals surface area (Å²) in [5.74, 6) is 0.271. The second-order valence-electron chi connectivity index (χ2n) is 6.85. The van der Waals surface area contributed by atoms with Gasteiger partial charge in [-0.05, 0) is 42.0 Å². The van der Waals surface area contributed by atoms with Gasteiger partial charge in [0.05, 0.1) is 6.61 Å². The smallest absolute Gasteiger partial charge is 0.255 e. The molecule has 0 heterocycles. The molecule has 3 rings (SSSR count). The Hall–Kier alpha value is -3.60. The lowest BCUT2D eigenvalue weighted by atomic mass is 10.1. The third kappa shape index (κ3) is 5.69. The minimum Gasteiger partial charge on any atom is -0.493 e. The van der Waals surface area contributed by atoms with E-state index in [-0.39, 0.29) is 11.8 Å². The summed E-state index contributed by atoms with van der Waals surface area (Å²) in [5.41, 5.74) is 2.78. The van der Waals surface area contributed by atoms with Crippen molar-refractivity contribution in [3.63, 3.8) is 0 Å². The van der Waals surface area contributed by atoms with Gasteiger partial charge in [-0.2, -0.15) is 0 Å². The van der Waals surface area contributed by atoms with Crippen molar-refractivity contribution < 1.29 is 14.3 Å². The van der Waals surface area contributed by atoms with Crippen molar-refractivity contribution in [1.82, 2.24) is 4.90 Å². The molecule has 3 aromatic carbocycles. The van der Waals surface area contributed by atoms with E-state index in [0.717, 1.165) is 6.42 Å². The van der Waals surface area contributed by atoms with Crippen LogP contribution in [0, 0.1) is 0 Å². The van der Waals surface area contributed by atoms with E-state index in [1.165, 1.54) is 10.5 Å². The van der Waals surface area contributed by atoms with E-state index in [1.807, 2.05) is 24.3 Å². The van der Waals surface area contributed by atoms with Crippen molar-refractivity contribution in [3.05, 3.63) is 95.6 Å². The summed E-state index contributed by atoms with van der Waals surface area (Å²) in [6.45, 7) is 0.532. The topological polar surface area (TPSA) is 58.6 Å². The summed E-state index contributed by atoms with van der Waals surface area (Å²) < 4.78 is 5.80. The van der Waals surface area contributed by atoms with Gasteiger partial charge in [0.15, 0.2) is 0 Å². The average Bonchev–Trinajstić information content (AvgIpc) is 2.74. The van der Waals surface area contributed by atoms with Crippen molar-refractivity contribution in [2.24, 2.45) is 0 Å². The largest absolute Gasteiger partial charge is 0.493 e. The molecule has 0 fully saturated rings. The van der Waals surface area contributed by atoms with Gasteiger partial charge >= 0.3 is 0 Å². The number of nitrogens with one attached hydrogen (secondary N) is 1. The van der Waals surface area contributed by atoms with Gasteiger partial charge in [0.1, 0.15) is 5.75 Å². The highest BCUT2D eigenvalue weighted by Gasteiger charge is 2.11. The molecule has 1 N–H and O–H groups in total. The van der Waals surface area contributed by atoms with Gasteiger partial charge < -0.3 is 15.0 Å². The molecule has 0 bridgehead atoms. The molecule has 5 heteroatoms. The third-order valence-corrected chi connectivity index (χ3v) is 4.37. The standard InChI is InChI=1S/C24H24N2O3/c1-26(2)24(28)20-11-6-12-21(16-20)25-23(27)19-10-7-13-22(17-19)29-15-14-18-8-4-3-5-9-18/h3-13,16-17H,14-15H2,1-2H3,(H,25,27). The number of carbonyl (C=O) groups excluding carboxylic acids is 2. The lowest BCUT2D eigenvalue weighted by Gasteiger charge is -2.12. The molecular formula is C24H24N2O3. The molecular weight excluding hydrogens is 364 g/mol. The van der Waals surface area contributed by atoms with Crippen LogP contribution in [0.4, 0.5) is 5.69 Å². The van der Waals surface area contributed by atoms with Crippen LogP contribution in [0.2, 0.25) is 0 Å². The predicted molar refractivity (Wildman–Crippen MR) is 114 cm³/mol. The Kier molecular flexibility index (Phi) is 6.63. The van der Waals surface area contributed by atoms with Gasteiger partial charge in [0, 0.05) is 37.3 Å². The molecule has 0 aliphatic heterocycles. The normalized spacial score (nSPS) is 10.3.